The number of pyridine rings is 1. The van der Waals surface area contributed by atoms with Gasteiger partial charge in [0.25, 0.3) is 0 Å². The fourth-order valence-electron chi connectivity index (χ4n) is 2.82. The van der Waals surface area contributed by atoms with E-state index in [1.807, 2.05) is 53.1 Å². The van der Waals surface area contributed by atoms with Crippen molar-refractivity contribution in [3.05, 3.63) is 65.1 Å². The summed E-state index contributed by atoms with van der Waals surface area (Å²) < 4.78 is 2.02. The van der Waals surface area contributed by atoms with Gasteiger partial charge in [0.15, 0.2) is 11.6 Å². The van der Waals surface area contributed by atoms with Crippen LogP contribution in [0.1, 0.15) is 30.8 Å². The number of halogens is 2. The molecule has 1 unspecified atom stereocenters. The first-order chi connectivity index (χ1) is 12.7. The summed E-state index contributed by atoms with van der Waals surface area (Å²) in [6, 6.07) is 13.8. The van der Waals surface area contributed by atoms with Crippen LogP contribution in [0.5, 0.6) is 0 Å². The first kappa shape index (κ1) is 21.4. The van der Waals surface area contributed by atoms with Gasteiger partial charge in [-0.05, 0) is 37.1 Å². The molecule has 6 nitrogen and oxygen atoms in total. The molecule has 0 spiro atoms. The summed E-state index contributed by atoms with van der Waals surface area (Å²) >= 11 is 6.26. The van der Waals surface area contributed by atoms with Crippen molar-refractivity contribution in [1.29, 1.82) is 0 Å². The summed E-state index contributed by atoms with van der Waals surface area (Å²) in [6.45, 7) is 2.85. The van der Waals surface area contributed by atoms with Gasteiger partial charge in [-0.2, -0.15) is 0 Å². The second kappa shape index (κ2) is 10.5. The van der Waals surface area contributed by atoms with Crippen molar-refractivity contribution in [3.8, 4) is 0 Å². The highest BCUT2D eigenvalue weighted by molar-refractivity contribution is 14.0. The lowest BCUT2D eigenvalue weighted by molar-refractivity contribution is 0.667. The number of nitrogens with zero attached hydrogens (tertiary/aromatic N) is 4. The van der Waals surface area contributed by atoms with Crippen LogP contribution < -0.4 is 10.6 Å². The zero-order chi connectivity index (χ0) is 18.4. The number of rotatable bonds is 6. The minimum atomic E-state index is 0. The Morgan fingerprint density at radius 1 is 1.19 bits per heavy atom. The molecular weight excluding hydrogens is 475 g/mol. The molecule has 3 aromatic rings. The van der Waals surface area contributed by atoms with Gasteiger partial charge in [-0.3, -0.25) is 9.39 Å². The van der Waals surface area contributed by atoms with Crippen LogP contribution in [0, 0.1) is 0 Å². The van der Waals surface area contributed by atoms with Gasteiger partial charge in [0.05, 0.1) is 6.04 Å². The van der Waals surface area contributed by atoms with Crippen LogP contribution in [0.3, 0.4) is 0 Å². The van der Waals surface area contributed by atoms with Gasteiger partial charge in [-0.1, -0.05) is 35.9 Å². The van der Waals surface area contributed by atoms with Gasteiger partial charge < -0.3 is 10.6 Å². The number of fused-ring (bicyclic) bond motifs is 1. The van der Waals surface area contributed by atoms with Gasteiger partial charge >= 0.3 is 0 Å². The fraction of sp³-hybridized carbons (Fsp3) is 0.316. The van der Waals surface area contributed by atoms with Crippen LogP contribution in [0.2, 0.25) is 5.02 Å². The minimum absolute atomic E-state index is 0. The SMILES string of the molecule is CN=C(NCCCc1nnc2ccccn12)NC(C)c1ccccc1Cl.I. The number of aromatic nitrogens is 3. The van der Waals surface area contributed by atoms with E-state index in [1.54, 1.807) is 7.05 Å². The topological polar surface area (TPSA) is 66.6 Å². The Hall–Kier alpha value is -1.87. The second-order valence-electron chi connectivity index (χ2n) is 6.04. The molecule has 0 saturated carbocycles. The minimum Gasteiger partial charge on any atom is -0.356 e. The normalized spacial score (nSPS) is 12.5. The molecule has 2 aromatic heterocycles. The Morgan fingerprint density at radius 2 is 1.96 bits per heavy atom. The van der Waals surface area contributed by atoms with Gasteiger partial charge in [0.1, 0.15) is 5.82 Å². The van der Waals surface area contributed by atoms with Gasteiger partial charge in [-0.15, -0.1) is 34.2 Å². The Labute approximate surface area is 181 Å². The van der Waals surface area contributed by atoms with Crippen molar-refractivity contribution < 1.29 is 0 Å². The molecular formula is C19H24ClIN6. The Bertz CT molecular complexity index is 895. The molecule has 1 aromatic carbocycles. The quantitative estimate of drug-likeness (QED) is 0.234. The van der Waals surface area contributed by atoms with E-state index in [-0.39, 0.29) is 30.0 Å². The molecule has 27 heavy (non-hydrogen) atoms. The first-order valence-electron chi connectivity index (χ1n) is 8.69. The summed E-state index contributed by atoms with van der Waals surface area (Å²) in [6.07, 6.45) is 3.76. The largest absolute Gasteiger partial charge is 0.356 e. The van der Waals surface area contributed by atoms with Gasteiger partial charge in [-0.25, -0.2) is 0 Å². The lowest BCUT2D eigenvalue weighted by Gasteiger charge is -2.19. The highest BCUT2D eigenvalue weighted by Gasteiger charge is 2.11. The highest BCUT2D eigenvalue weighted by Crippen LogP contribution is 2.21. The van der Waals surface area contributed by atoms with Crippen molar-refractivity contribution in [3.63, 3.8) is 0 Å². The monoisotopic (exact) mass is 498 g/mol. The number of aryl methyl sites for hydroxylation is 1. The molecule has 0 saturated heterocycles. The van der Waals surface area contributed by atoms with Gasteiger partial charge in [0.2, 0.25) is 0 Å². The highest BCUT2D eigenvalue weighted by atomic mass is 127. The van der Waals surface area contributed by atoms with Crippen LogP contribution in [0.4, 0.5) is 0 Å². The third-order valence-corrected chi connectivity index (χ3v) is 4.55. The fourth-order valence-corrected chi connectivity index (χ4v) is 3.12. The molecule has 0 bridgehead atoms. The predicted octanol–water partition coefficient (Wildman–Crippen LogP) is 3.86. The van der Waals surface area contributed by atoms with Crippen LogP contribution >= 0.6 is 35.6 Å². The zero-order valence-corrected chi connectivity index (χ0v) is 18.5. The smallest absolute Gasteiger partial charge is 0.191 e. The molecule has 3 rings (SSSR count). The van der Waals surface area contributed by atoms with Crippen molar-refractivity contribution >= 4 is 47.2 Å². The first-order valence-corrected chi connectivity index (χ1v) is 9.07. The zero-order valence-electron chi connectivity index (χ0n) is 15.4. The maximum absolute atomic E-state index is 6.26. The summed E-state index contributed by atoms with van der Waals surface area (Å²) in [5, 5.41) is 15.9. The van der Waals surface area contributed by atoms with E-state index in [0.717, 1.165) is 47.4 Å². The Morgan fingerprint density at radius 3 is 2.74 bits per heavy atom. The molecule has 0 aliphatic carbocycles. The van der Waals surface area contributed by atoms with Crippen molar-refractivity contribution in [2.75, 3.05) is 13.6 Å². The van der Waals surface area contributed by atoms with Crippen LogP contribution in [-0.2, 0) is 6.42 Å². The van der Waals surface area contributed by atoms with E-state index in [2.05, 4.69) is 32.7 Å². The number of guanidine groups is 1. The van der Waals surface area contributed by atoms with Crippen molar-refractivity contribution in [2.24, 2.45) is 4.99 Å². The number of hydrogen-bond acceptors (Lipinski definition) is 3. The Balaban J connectivity index is 0.00000261. The summed E-state index contributed by atoms with van der Waals surface area (Å²) in [5.41, 5.74) is 1.92. The van der Waals surface area contributed by atoms with E-state index in [0.29, 0.717) is 0 Å². The molecule has 0 fully saturated rings. The summed E-state index contributed by atoms with van der Waals surface area (Å²) in [7, 11) is 1.76. The number of aliphatic imine (C=N–C) groups is 1. The molecule has 0 amide bonds. The molecule has 0 aliphatic rings. The predicted molar refractivity (Wildman–Crippen MR) is 121 cm³/mol. The summed E-state index contributed by atoms with van der Waals surface area (Å²) in [5.74, 6) is 1.72. The van der Waals surface area contributed by atoms with E-state index in [4.69, 9.17) is 11.6 Å². The maximum atomic E-state index is 6.26. The van der Waals surface area contributed by atoms with Crippen molar-refractivity contribution in [1.82, 2.24) is 25.2 Å². The standard InChI is InChI=1S/C19H23ClN6.HI/c1-14(15-8-3-4-9-16(15)20)23-19(21-2)22-12-7-11-18-25-24-17-10-5-6-13-26(17)18;/h3-6,8-10,13-14H,7,11-12H2,1-2H3,(H2,21,22,23);1H. The van der Waals surface area contributed by atoms with Crippen molar-refractivity contribution in [2.45, 2.75) is 25.8 Å². The molecule has 8 heteroatoms. The van der Waals surface area contributed by atoms with E-state index < -0.39 is 0 Å². The molecule has 2 N–H and O–H groups in total. The third kappa shape index (κ3) is 5.55. The number of benzene rings is 1. The van der Waals surface area contributed by atoms with E-state index >= 15 is 0 Å². The number of hydrogen-bond donors (Lipinski definition) is 2. The van der Waals surface area contributed by atoms with E-state index in [1.165, 1.54) is 0 Å². The van der Waals surface area contributed by atoms with Gasteiger partial charge in [0, 0.05) is 31.2 Å². The average Bonchev–Trinajstić information content (AvgIpc) is 3.07. The lowest BCUT2D eigenvalue weighted by Crippen LogP contribution is -2.39. The van der Waals surface area contributed by atoms with E-state index in [9.17, 15) is 0 Å². The molecule has 1 atom stereocenters. The van der Waals surface area contributed by atoms with Crippen LogP contribution in [-0.4, -0.2) is 34.2 Å². The molecule has 0 radical (unpaired) electrons. The summed E-state index contributed by atoms with van der Waals surface area (Å²) in [4.78, 5) is 4.29. The Kier molecular flexibility index (Phi) is 8.30. The lowest BCUT2D eigenvalue weighted by atomic mass is 10.1. The molecule has 2 heterocycles. The molecule has 144 valence electrons. The van der Waals surface area contributed by atoms with Crippen LogP contribution in [0.15, 0.2) is 53.7 Å². The maximum Gasteiger partial charge on any atom is 0.191 e. The average molecular weight is 499 g/mol. The third-order valence-electron chi connectivity index (χ3n) is 4.20. The number of nitrogens with one attached hydrogen (secondary N) is 2. The second-order valence-corrected chi connectivity index (χ2v) is 6.44. The van der Waals surface area contributed by atoms with Crippen LogP contribution in [0.25, 0.3) is 5.65 Å². The molecule has 0 aliphatic heterocycles.